The van der Waals surface area contributed by atoms with E-state index in [1.807, 2.05) is 0 Å². The van der Waals surface area contributed by atoms with Crippen LogP contribution in [0.15, 0.2) is 53.9 Å². The highest BCUT2D eigenvalue weighted by atomic mass is 15.4. The van der Waals surface area contributed by atoms with E-state index in [9.17, 15) is 0 Å². The van der Waals surface area contributed by atoms with Crippen molar-refractivity contribution < 1.29 is 0 Å². The lowest BCUT2D eigenvalue weighted by Crippen LogP contribution is -2.30. The molecule has 190 valence electrons. The van der Waals surface area contributed by atoms with Crippen LogP contribution in [-0.2, 0) is 13.0 Å². The minimum absolute atomic E-state index is 0.643. The summed E-state index contributed by atoms with van der Waals surface area (Å²) in [5.41, 5.74) is 10.2. The molecule has 1 aliphatic carbocycles. The van der Waals surface area contributed by atoms with Gasteiger partial charge >= 0.3 is 0 Å². The van der Waals surface area contributed by atoms with E-state index in [0.29, 0.717) is 6.04 Å². The molecule has 1 aromatic carbocycles. The molecule has 0 radical (unpaired) electrons. The molecule has 0 aromatic heterocycles. The Labute approximate surface area is 213 Å². The zero-order valence-electron chi connectivity index (χ0n) is 22.4. The fraction of sp³-hybridized carbons (Fsp3) is 0.533. The molecule has 5 heteroatoms. The van der Waals surface area contributed by atoms with Crippen molar-refractivity contribution in [1.82, 2.24) is 20.4 Å². The molecule has 0 amide bonds. The summed E-state index contributed by atoms with van der Waals surface area (Å²) in [5, 5.41) is 7.05. The fourth-order valence-corrected chi connectivity index (χ4v) is 5.94. The third-order valence-corrected chi connectivity index (χ3v) is 7.90. The maximum atomic E-state index is 4.23. The maximum absolute atomic E-state index is 4.23. The molecule has 3 aliphatic rings. The number of nitrogens with zero attached hydrogens (tertiary/aromatic N) is 3. The van der Waals surface area contributed by atoms with E-state index in [1.165, 1.54) is 59.2 Å². The fourth-order valence-electron chi connectivity index (χ4n) is 5.94. The Balaban J connectivity index is 1.51. The number of dihydropyridines is 1. The molecule has 2 aliphatic heterocycles. The molecule has 1 saturated heterocycles. The lowest BCUT2D eigenvalue weighted by atomic mass is 9.96. The highest BCUT2D eigenvalue weighted by molar-refractivity contribution is 5.71. The van der Waals surface area contributed by atoms with Gasteiger partial charge in [0.15, 0.2) is 0 Å². The number of hydrogen-bond donors (Lipinski definition) is 2. The number of anilines is 1. The third kappa shape index (κ3) is 6.27. The van der Waals surface area contributed by atoms with Gasteiger partial charge < -0.3 is 15.5 Å². The van der Waals surface area contributed by atoms with Crippen molar-refractivity contribution in [2.75, 3.05) is 51.8 Å². The molecule has 1 saturated carbocycles. The number of rotatable bonds is 10. The summed E-state index contributed by atoms with van der Waals surface area (Å²) in [5.74, 6) is 0. The summed E-state index contributed by atoms with van der Waals surface area (Å²) >= 11 is 0. The molecular weight excluding hydrogens is 430 g/mol. The van der Waals surface area contributed by atoms with E-state index >= 15 is 0 Å². The van der Waals surface area contributed by atoms with Crippen LogP contribution in [0.3, 0.4) is 0 Å². The van der Waals surface area contributed by atoms with Crippen LogP contribution in [0.5, 0.6) is 0 Å². The molecule has 2 heterocycles. The molecule has 2 N–H and O–H groups in total. The zero-order valence-corrected chi connectivity index (χ0v) is 22.4. The number of likely N-dealkylation sites (N-methyl/N-ethyl adjacent to an activating group) is 1. The number of nitrogens with one attached hydrogen (secondary N) is 2. The van der Waals surface area contributed by atoms with Crippen LogP contribution in [0.25, 0.3) is 6.08 Å². The summed E-state index contributed by atoms with van der Waals surface area (Å²) in [7, 11) is 4.50. The second-order valence-corrected chi connectivity index (χ2v) is 10.7. The minimum Gasteiger partial charge on any atom is -0.371 e. The molecule has 2 fully saturated rings. The van der Waals surface area contributed by atoms with Crippen LogP contribution in [-0.4, -0.2) is 62.8 Å². The van der Waals surface area contributed by atoms with Gasteiger partial charge in [-0.1, -0.05) is 38.1 Å². The van der Waals surface area contributed by atoms with Gasteiger partial charge in [-0.05, 0) is 81.1 Å². The number of benzene rings is 1. The van der Waals surface area contributed by atoms with Crippen molar-refractivity contribution in [3.8, 4) is 0 Å². The Kier molecular flexibility index (Phi) is 8.53. The first-order valence-corrected chi connectivity index (χ1v) is 13.3. The van der Waals surface area contributed by atoms with E-state index in [1.54, 1.807) is 0 Å². The Hall–Kier alpha value is -2.34. The lowest BCUT2D eigenvalue weighted by molar-refractivity contribution is 0.268. The van der Waals surface area contributed by atoms with Crippen LogP contribution in [0.1, 0.15) is 56.2 Å². The number of hydrogen-bond acceptors (Lipinski definition) is 5. The van der Waals surface area contributed by atoms with Crippen molar-refractivity contribution in [1.29, 1.82) is 0 Å². The molecular formula is C30H45N5. The Morgan fingerprint density at radius 3 is 2.63 bits per heavy atom. The molecule has 35 heavy (non-hydrogen) atoms. The molecule has 1 aromatic rings. The van der Waals surface area contributed by atoms with Crippen molar-refractivity contribution in [2.24, 2.45) is 0 Å². The van der Waals surface area contributed by atoms with Gasteiger partial charge in [0.2, 0.25) is 0 Å². The zero-order chi connectivity index (χ0) is 24.9. The standard InChI is InChI=1S/C30H45N5/c1-7-28-26(12-13-31-19-29-22(2)16-23(3)32-24(29)4)17-25(20-35-15-14-33(5)21-35)18-30(28)34(6)27-10-8-9-11-27/h7,16-18,27,31-32H,1,4,8-15,19-21H2,2-3,5-6H3. The topological polar surface area (TPSA) is 33.8 Å². The Bertz CT molecular complexity index is 998. The van der Waals surface area contributed by atoms with E-state index in [4.69, 9.17) is 0 Å². The van der Waals surface area contributed by atoms with Gasteiger partial charge in [0.1, 0.15) is 0 Å². The predicted molar refractivity (Wildman–Crippen MR) is 150 cm³/mol. The van der Waals surface area contributed by atoms with Crippen LogP contribution in [0.4, 0.5) is 5.69 Å². The van der Waals surface area contributed by atoms with Crippen molar-refractivity contribution in [2.45, 2.75) is 58.5 Å². The second-order valence-electron chi connectivity index (χ2n) is 10.7. The highest BCUT2D eigenvalue weighted by Gasteiger charge is 2.24. The first kappa shape index (κ1) is 25.7. The van der Waals surface area contributed by atoms with Gasteiger partial charge in [-0.3, -0.25) is 9.80 Å². The van der Waals surface area contributed by atoms with Crippen LogP contribution in [0.2, 0.25) is 0 Å². The maximum Gasteiger partial charge on any atom is 0.0507 e. The molecule has 0 atom stereocenters. The molecule has 0 spiro atoms. The summed E-state index contributed by atoms with van der Waals surface area (Å²) in [4.78, 5) is 7.49. The lowest BCUT2D eigenvalue weighted by Gasteiger charge is -2.30. The molecule has 5 nitrogen and oxygen atoms in total. The van der Waals surface area contributed by atoms with Gasteiger partial charge in [0.25, 0.3) is 0 Å². The predicted octanol–water partition coefficient (Wildman–Crippen LogP) is 4.88. The highest BCUT2D eigenvalue weighted by Crippen LogP contribution is 2.33. The molecule has 0 bridgehead atoms. The third-order valence-electron chi connectivity index (χ3n) is 7.90. The summed E-state index contributed by atoms with van der Waals surface area (Å²) < 4.78 is 0. The van der Waals surface area contributed by atoms with Gasteiger partial charge in [0.05, 0.1) is 6.67 Å². The van der Waals surface area contributed by atoms with Crippen LogP contribution < -0.4 is 15.5 Å². The van der Waals surface area contributed by atoms with Gasteiger partial charge in [-0.25, -0.2) is 0 Å². The minimum atomic E-state index is 0.643. The van der Waals surface area contributed by atoms with E-state index in [2.05, 4.69) is 90.7 Å². The summed E-state index contributed by atoms with van der Waals surface area (Å²) in [6.07, 6.45) is 10.6. The van der Waals surface area contributed by atoms with E-state index in [-0.39, 0.29) is 0 Å². The van der Waals surface area contributed by atoms with E-state index in [0.717, 1.165) is 57.2 Å². The average Bonchev–Trinajstić information content (AvgIpc) is 3.49. The summed E-state index contributed by atoms with van der Waals surface area (Å²) in [6, 6.07) is 5.51. The first-order valence-electron chi connectivity index (χ1n) is 13.3. The van der Waals surface area contributed by atoms with Crippen molar-refractivity contribution in [3.05, 3.63) is 70.6 Å². The van der Waals surface area contributed by atoms with Crippen LogP contribution in [0, 0.1) is 0 Å². The SMILES string of the molecule is C=Cc1c(CCNCC2=C(C)C=C(C)NC2=C)cc(CN2CCN(C)C2)cc1N(C)C1CCCC1. The molecule has 0 unspecified atom stereocenters. The van der Waals surface area contributed by atoms with Gasteiger partial charge in [-0.2, -0.15) is 0 Å². The summed E-state index contributed by atoms with van der Waals surface area (Å²) in [6.45, 7) is 18.8. The van der Waals surface area contributed by atoms with Crippen LogP contribution >= 0.6 is 0 Å². The normalized spacial score (nSPS) is 19.9. The van der Waals surface area contributed by atoms with E-state index < -0.39 is 0 Å². The monoisotopic (exact) mass is 475 g/mol. The Morgan fingerprint density at radius 1 is 1.20 bits per heavy atom. The largest absolute Gasteiger partial charge is 0.371 e. The Morgan fingerprint density at radius 2 is 1.97 bits per heavy atom. The second kappa shape index (κ2) is 11.6. The van der Waals surface area contributed by atoms with Crippen molar-refractivity contribution in [3.63, 3.8) is 0 Å². The number of allylic oxidation sites excluding steroid dienone is 3. The van der Waals surface area contributed by atoms with Gasteiger partial charge in [0, 0.05) is 61.9 Å². The molecule has 4 rings (SSSR count). The quantitative estimate of drug-likeness (QED) is 0.471. The average molecular weight is 476 g/mol. The first-order chi connectivity index (χ1) is 16.9. The smallest absolute Gasteiger partial charge is 0.0507 e. The van der Waals surface area contributed by atoms with Gasteiger partial charge in [-0.15, -0.1) is 0 Å². The van der Waals surface area contributed by atoms with Crippen molar-refractivity contribution >= 4 is 11.8 Å².